The number of nitrogens with one attached hydrogen (secondary N) is 2. The van der Waals surface area contributed by atoms with E-state index in [0.29, 0.717) is 23.7 Å². The maximum absolute atomic E-state index is 11.9. The van der Waals surface area contributed by atoms with Crippen molar-refractivity contribution in [2.45, 2.75) is 19.4 Å². The summed E-state index contributed by atoms with van der Waals surface area (Å²) in [5, 5.41) is 6.60. The van der Waals surface area contributed by atoms with Crippen molar-refractivity contribution in [2.75, 3.05) is 25.0 Å². The maximum Gasteiger partial charge on any atom is 0.227 e. The standard InChI is InChI=1S/C13H17ClN2O2/c1-9-3-2-4-11(14)13(9)16-12(17)7-10-8-15-5-6-18-10/h2-4,10,15H,5-8H2,1H3,(H,16,17). The van der Waals surface area contributed by atoms with Gasteiger partial charge in [0.2, 0.25) is 5.91 Å². The van der Waals surface area contributed by atoms with E-state index < -0.39 is 0 Å². The second-order valence-electron chi connectivity index (χ2n) is 4.38. The highest BCUT2D eigenvalue weighted by atomic mass is 35.5. The quantitative estimate of drug-likeness (QED) is 0.881. The van der Waals surface area contributed by atoms with Crippen molar-refractivity contribution < 1.29 is 9.53 Å². The molecule has 1 fully saturated rings. The third-order valence-electron chi connectivity index (χ3n) is 2.90. The summed E-state index contributed by atoms with van der Waals surface area (Å²) in [7, 11) is 0. The highest BCUT2D eigenvalue weighted by molar-refractivity contribution is 6.33. The lowest BCUT2D eigenvalue weighted by atomic mass is 10.1. The van der Waals surface area contributed by atoms with Crippen LogP contribution in [-0.4, -0.2) is 31.7 Å². The second kappa shape index (κ2) is 6.18. The molecule has 1 aromatic carbocycles. The van der Waals surface area contributed by atoms with E-state index in [1.54, 1.807) is 6.07 Å². The molecule has 2 N–H and O–H groups in total. The Morgan fingerprint density at radius 3 is 3.11 bits per heavy atom. The first-order chi connectivity index (χ1) is 8.66. The van der Waals surface area contributed by atoms with Crippen LogP contribution in [0, 0.1) is 6.92 Å². The first kappa shape index (κ1) is 13.3. The van der Waals surface area contributed by atoms with Gasteiger partial charge in [-0.1, -0.05) is 23.7 Å². The van der Waals surface area contributed by atoms with E-state index in [1.807, 2.05) is 19.1 Å². The highest BCUT2D eigenvalue weighted by Crippen LogP contribution is 2.25. The number of rotatable bonds is 3. The molecule has 1 saturated heterocycles. The molecular formula is C13H17ClN2O2. The number of benzene rings is 1. The molecule has 1 heterocycles. The molecule has 1 atom stereocenters. The van der Waals surface area contributed by atoms with Crippen LogP contribution >= 0.6 is 11.6 Å². The van der Waals surface area contributed by atoms with Crippen molar-refractivity contribution in [3.05, 3.63) is 28.8 Å². The average Bonchev–Trinajstić information content (AvgIpc) is 2.35. The Bertz CT molecular complexity index is 411. The van der Waals surface area contributed by atoms with Crippen molar-refractivity contribution >= 4 is 23.2 Å². The Balaban J connectivity index is 1.94. The van der Waals surface area contributed by atoms with Gasteiger partial charge in [0.15, 0.2) is 0 Å². The minimum absolute atomic E-state index is 0.0541. The summed E-state index contributed by atoms with van der Waals surface area (Å²) in [6.07, 6.45) is 0.291. The maximum atomic E-state index is 11.9. The monoisotopic (exact) mass is 268 g/mol. The van der Waals surface area contributed by atoms with E-state index in [4.69, 9.17) is 16.3 Å². The Kier molecular flexibility index (Phi) is 4.58. The third kappa shape index (κ3) is 3.45. The van der Waals surface area contributed by atoms with E-state index in [1.165, 1.54) is 0 Å². The smallest absolute Gasteiger partial charge is 0.227 e. The van der Waals surface area contributed by atoms with E-state index in [0.717, 1.165) is 18.7 Å². The first-order valence-electron chi connectivity index (χ1n) is 6.04. The number of aryl methyl sites for hydroxylation is 1. The lowest BCUT2D eigenvalue weighted by Gasteiger charge is -2.23. The van der Waals surface area contributed by atoms with Gasteiger partial charge in [0.05, 0.1) is 29.8 Å². The molecule has 1 amide bonds. The third-order valence-corrected chi connectivity index (χ3v) is 3.22. The molecular weight excluding hydrogens is 252 g/mol. The zero-order chi connectivity index (χ0) is 13.0. The number of anilines is 1. The largest absolute Gasteiger partial charge is 0.375 e. The second-order valence-corrected chi connectivity index (χ2v) is 4.79. The number of halogens is 1. The van der Waals surface area contributed by atoms with Gasteiger partial charge in [-0.2, -0.15) is 0 Å². The van der Waals surface area contributed by atoms with Crippen molar-refractivity contribution in [2.24, 2.45) is 0 Å². The van der Waals surface area contributed by atoms with Crippen LogP contribution in [0.25, 0.3) is 0 Å². The van der Waals surface area contributed by atoms with Crippen molar-refractivity contribution in [1.29, 1.82) is 0 Å². The van der Waals surface area contributed by atoms with Crippen LogP contribution in [0.4, 0.5) is 5.69 Å². The Hall–Kier alpha value is -1.10. The first-order valence-corrected chi connectivity index (χ1v) is 6.42. The summed E-state index contributed by atoms with van der Waals surface area (Å²) in [6.45, 7) is 4.14. The SMILES string of the molecule is Cc1cccc(Cl)c1NC(=O)CC1CNCCO1. The van der Waals surface area contributed by atoms with E-state index in [9.17, 15) is 4.79 Å². The van der Waals surface area contributed by atoms with Crippen LogP contribution in [0.15, 0.2) is 18.2 Å². The molecule has 1 unspecified atom stereocenters. The summed E-state index contributed by atoms with van der Waals surface area (Å²) < 4.78 is 5.49. The van der Waals surface area contributed by atoms with Crippen molar-refractivity contribution in [3.63, 3.8) is 0 Å². The Morgan fingerprint density at radius 2 is 2.44 bits per heavy atom. The van der Waals surface area contributed by atoms with Gasteiger partial charge in [-0.25, -0.2) is 0 Å². The predicted molar refractivity (Wildman–Crippen MR) is 72.0 cm³/mol. The van der Waals surface area contributed by atoms with Gasteiger partial charge in [0.25, 0.3) is 0 Å². The van der Waals surface area contributed by atoms with Crippen molar-refractivity contribution in [1.82, 2.24) is 5.32 Å². The van der Waals surface area contributed by atoms with Crippen LogP contribution in [0.1, 0.15) is 12.0 Å². The van der Waals surface area contributed by atoms with E-state index in [-0.39, 0.29) is 12.0 Å². The normalized spacial score (nSPS) is 19.6. The van der Waals surface area contributed by atoms with Crippen LogP contribution in [-0.2, 0) is 9.53 Å². The Labute approximate surface area is 112 Å². The van der Waals surface area contributed by atoms with Gasteiger partial charge in [-0.3, -0.25) is 4.79 Å². The number of ether oxygens (including phenoxy) is 1. The molecule has 5 heteroatoms. The molecule has 0 spiro atoms. The minimum atomic E-state index is -0.0695. The van der Waals surface area contributed by atoms with Crippen LogP contribution in [0.2, 0.25) is 5.02 Å². The number of carbonyl (C=O) groups excluding carboxylic acids is 1. The van der Waals surface area contributed by atoms with Crippen LogP contribution in [0.3, 0.4) is 0 Å². The molecule has 0 bridgehead atoms. The molecule has 1 aliphatic heterocycles. The molecule has 18 heavy (non-hydrogen) atoms. The molecule has 4 nitrogen and oxygen atoms in total. The fraction of sp³-hybridized carbons (Fsp3) is 0.462. The summed E-state index contributed by atoms with van der Waals surface area (Å²) >= 11 is 6.06. The van der Waals surface area contributed by atoms with Gasteiger partial charge in [-0.05, 0) is 18.6 Å². The fourth-order valence-corrected chi connectivity index (χ4v) is 2.21. The van der Waals surface area contributed by atoms with Gasteiger partial charge >= 0.3 is 0 Å². The molecule has 1 aliphatic rings. The summed E-state index contributed by atoms with van der Waals surface area (Å²) in [5.74, 6) is -0.0695. The van der Waals surface area contributed by atoms with Crippen molar-refractivity contribution in [3.8, 4) is 0 Å². The molecule has 1 aromatic rings. The zero-order valence-electron chi connectivity index (χ0n) is 10.3. The fourth-order valence-electron chi connectivity index (χ4n) is 1.94. The number of hydrogen-bond donors (Lipinski definition) is 2. The number of carbonyl (C=O) groups is 1. The Morgan fingerprint density at radius 1 is 1.61 bits per heavy atom. The van der Waals surface area contributed by atoms with Gasteiger partial charge in [0, 0.05) is 13.1 Å². The molecule has 2 rings (SSSR count). The molecule has 0 radical (unpaired) electrons. The molecule has 0 saturated carbocycles. The average molecular weight is 269 g/mol. The van der Waals surface area contributed by atoms with Crippen LogP contribution in [0.5, 0.6) is 0 Å². The van der Waals surface area contributed by atoms with E-state index in [2.05, 4.69) is 10.6 Å². The number of amides is 1. The number of para-hydroxylation sites is 1. The number of morpholine rings is 1. The lowest BCUT2D eigenvalue weighted by molar-refractivity contribution is -0.119. The minimum Gasteiger partial charge on any atom is -0.375 e. The van der Waals surface area contributed by atoms with Crippen LogP contribution < -0.4 is 10.6 Å². The summed E-state index contributed by atoms with van der Waals surface area (Å²) in [6, 6.07) is 5.55. The van der Waals surface area contributed by atoms with E-state index >= 15 is 0 Å². The summed E-state index contributed by atoms with van der Waals surface area (Å²) in [5.41, 5.74) is 1.64. The topological polar surface area (TPSA) is 50.4 Å². The molecule has 0 aromatic heterocycles. The van der Waals surface area contributed by atoms with Gasteiger partial charge < -0.3 is 15.4 Å². The summed E-state index contributed by atoms with van der Waals surface area (Å²) in [4.78, 5) is 11.9. The van der Waals surface area contributed by atoms with Gasteiger partial charge in [0.1, 0.15) is 0 Å². The van der Waals surface area contributed by atoms with Gasteiger partial charge in [-0.15, -0.1) is 0 Å². The zero-order valence-corrected chi connectivity index (χ0v) is 11.1. The predicted octanol–water partition coefficient (Wildman–Crippen LogP) is 1.97. The highest BCUT2D eigenvalue weighted by Gasteiger charge is 2.18. The molecule has 0 aliphatic carbocycles. The number of hydrogen-bond acceptors (Lipinski definition) is 3. The lowest BCUT2D eigenvalue weighted by Crippen LogP contribution is -2.40. The molecule has 98 valence electrons.